The number of rotatable bonds is 2. The molecular weight excluding hydrogens is 353 g/mol. The molecule has 1 aliphatic heterocycles. The van der Waals surface area contributed by atoms with Gasteiger partial charge >= 0.3 is 0 Å². The van der Waals surface area contributed by atoms with Crippen LogP contribution in [0.4, 0.5) is 0 Å². The minimum atomic E-state index is 0. The lowest BCUT2D eigenvalue weighted by Gasteiger charge is -2.27. The lowest BCUT2D eigenvalue weighted by atomic mass is 10.1. The molecule has 2 atom stereocenters. The van der Waals surface area contributed by atoms with Crippen molar-refractivity contribution in [3.05, 3.63) is 35.9 Å². The Balaban J connectivity index is 0.00000133. The highest BCUT2D eigenvalue weighted by molar-refractivity contribution is 14.0. The highest BCUT2D eigenvalue weighted by Gasteiger charge is 2.38. The van der Waals surface area contributed by atoms with Crippen LogP contribution in [0.25, 0.3) is 0 Å². The van der Waals surface area contributed by atoms with Crippen LogP contribution in [0.3, 0.4) is 0 Å². The topological polar surface area (TPSA) is 50.8 Å². The zero-order valence-corrected chi connectivity index (χ0v) is 13.2. The molecule has 104 valence electrons. The predicted molar refractivity (Wildman–Crippen MR) is 87.0 cm³/mol. The van der Waals surface area contributed by atoms with E-state index in [1.54, 1.807) is 0 Å². The molecule has 2 aliphatic rings. The lowest BCUT2D eigenvalue weighted by Crippen LogP contribution is -2.45. The van der Waals surface area contributed by atoms with Crippen LogP contribution >= 0.6 is 24.0 Å². The van der Waals surface area contributed by atoms with Crippen LogP contribution in [-0.4, -0.2) is 43.2 Å². The normalized spacial score (nSPS) is 26.7. The average Bonchev–Trinajstić information content (AvgIpc) is 3.20. The summed E-state index contributed by atoms with van der Waals surface area (Å²) in [6.07, 6.45) is 1.12. The van der Waals surface area contributed by atoms with Gasteiger partial charge in [-0.2, -0.15) is 0 Å². The van der Waals surface area contributed by atoms with Crippen molar-refractivity contribution in [2.45, 2.75) is 18.4 Å². The Morgan fingerprint density at radius 2 is 1.89 bits per heavy atom. The fourth-order valence-corrected chi connectivity index (χ4v) is 2.43. The van der Waals surface area contributed by atoms with Crippen molar-refractivity contribution >= 4 is 29.9 Å². The highest BCUT2D eigenvalue weighted by atomic mass is 127. The van der Waals surface area contributed by atoms with Gasteiger partial charge in [0.1, 0.15) is 0 Å². The van der Waals surface area contributed by atoms with E-state index < -0.39 is 0 Å². The molecule has 2 unspecified atom stereocenters. The summed E-state index contributed by atoms with van der Waals surface area (Å²) in [4.78, 5) is 6.75. The van der Waals surface area contributed by atoms with E-state index in [-0.39, 0.29) is 24.0 Å². The SMILES string of the molecule is I.NC(=NC1CC1c1ccccc1)N1CCOCC1. The van der Waals surface area contributed by atoms with Crippen LogP contribution in [0.5, 0.6) is 0 Å². The Morgan fingerprint density at radius 1 is 1.21 bits per heavy atom. The van der Waals surface area contributed by atoms with Gasteiger partial charge in [0.15, 0.2) is 5.96 Å². The average molecular weight is 373 g/mol. The Bertz CT molecular complexity index is 432. The third-order valence-electron chi connectivity index (χ3n) is 3.62. The maximum Gasteiger partial charge on any atom is 0.191 e. The first-order valence-corrected chi connectivity index (χ1v) is 6.55. The van der Waals surface area contributed by atoms with Crippen molar-refractivity contribution in [3.63, 3.8) is 0 Å². The first kappa shape index (κ1) is 14.6. The Hall–Kier alpha value is -0.820. The summed E-state index contributed by atoms with van der Waals surface area (Å²) in [5, 5.41) is 0. The molecule has 1 aromatic rings. The Morgan fingerprint density at radius 3 is 2.58 bits per heavy atom. The first-order valence-electron chi connectivity index (χ1n) is 6.55. The largest absolute Gasteiger partial charge is 0.378 e. The Labute approximate surface area is 131 Å². The van der Waals surface area contributed by atoms with E-state index in [0.29, 0.717) is 17.9 Å². The van der Waals surface area contributed by atoms with Crippen molar-refractivity contribution in [1.29, 1.82) is 0 Å². The van der Waals surface area contributed by atoms with Crippen LogP contribution in [0, 0.1) is 0 Å². The number of ether oxygens (including phenoxy) is 1. The summed E-state index contributed by atoms with van der Waals surface area (Å²) in [5.74, 6) is 1.24. The molecule has 0 spiro atoms. The smallest absolute Gasteiger partial charge is 0.191 e. The number of benzene rings is 1. The summed E-state index contributed by atoms with van der Waals surface area (Å²) >= 11 is 0. The third kappa shape index (κ3) is 3.60. The van der Waals surface area contributed by atoms with E-state index in [1.165, 1.54) is 5.56 Å². The van der Waals surface area contributed by atoms with Crippen LogP contribution in [-0.2, 0) is 4.74 Å². The zero-order valence-electron chi connectivity index (χ0n) is 10.9. The number of hydrogen-bond donors (Lipinski definition) is 1. The third-order valence-corrected chi connectivity index (χ3v) is 3.62. The van der Waals surface area contributed by atoms with Crippen LogP contribution in [0.1, 0.15) is 17.9 Å². The molecule has 3 rings (SSSR count). The number of halogens is 1. The molecule has 0 radical (unpaired) electrons. The standard InChI is InChI=1S/C14H19N3O.HI/c15-14(17-6-8-18-9-7-17)16-13-10-12(13)11-4-2-1-3-5-11;/h1-5,12-13H,6-10H2,(H2,15,16);1H. The molecule has 1 saturated heterocycles. The van der Waals surface area contributed by atoms with Gasteiger partial charge in [-0.05, 0) is 12.0 Å². The second kappa shape index (κ2) is 6.56. The summed E-state index contributed by atoms with van der Waals surface area (Å²) in [6.45, 7) is 3.22. The Kier molecular flexibility index (Phi) is 5.04. The molecule has 19 heavy (non-hydrogen) atoms. The lowest BCUT2D eigenvalue weighted by molar-refractivity contribution is 0.0674. The molecular formula is C14H20IN3O. The minimum Gasteiger partial charge on any atom is -0.378 e. The second-order valence-corrected chi connectivity index (χ2v) is 4.91. The molecule has 0 aromatic heterocycles. The van der Waals surface area contributed by atoms with Crippen molar-refractivity contribution in [3.8, 4) is 0 Å². The second-order valence-electron chi connectivity index (χ2n) is 4.91. The summed E-state index contributed by atoms with van der Waals surface area (Å²) in [6, 6.07) is 10.9. The quantitative estimate of drug-likeness (QED) is 0.489. The van der Waals surface area contributed by atoms with E-state index in [4.69, 9.17) is 10.5 Å². The molecule has 2 fully saturated rings. The van der Waals surface area contributed by atoms with E-state index in [0.717, 1.165) is 32.7 Å². The van der Waals surface area contributed by atoms with Gasteiger partial charge < -0.3 is 15.4 Å². The number of aliphatic imine (C=N–C) groups is 1. The molecule has 5 heteroatoms. The van der Waals surface area contributed by atoms with Crippen LogP contribution in [0.2, 0.25) is 0 Å². The molecule has 1 aromatic carbocycles. The van der Waals surface area contributed by atoms with Crippen molar-refractivity contribution in [2.24, 2.45) is 10.7 Å². The first-order chi connectivity index (χ1) is 8.84. The van der Waals surface area contributed by atoms with Gasteiger partial charge in [-0.25, -0.2) is 4.99 Å². The molecule has 1 aliphatic carbocycles. The number of morpholine rings is 1. The van der Waals surface area contributed by atoms with E-state index >= 15 is 0 Å². The van der Waals surface area contributed by atoms with Crippen LogP contribution in [0.15, 0.2) is 35.3 Å². The maximum absolute atomic E-state index is 6.05. The van der Waals surface area contributed by atoms with E-state index in [9.17, 15) is 0 Å². The maximum atomic E-state index is 6.05. The van der Waals surface area contributed by atoms with Gasteiger partial charge in [-0.15, -0.1) is 24.0 Å². The van der Waals surface area contributed by atoms with Crippen LogP contribution < -0.4 is 5.73 Å². The van der Waals surface area contributed by atoms with Gasteiger partial charge in [0.05, 0.1) is 19.3 Å². The highest BCUT2D eigenvalue weighted by Crippen LogP contribution is 2.43. The summed E-state index contributed by atoms with van der Waals surface area (Å²) in [5.41, 5.74) is 7.43. The van der Waals surface area contributed by atoms with Gasteiger partial charge in [0.2, 0.25) is 0 Å². The van der Waals surface area contributed by atoms with Gasteiger partial charge in [0.25, 0.3) is 0 Å². The zero-order chi connectivity index (χ0) is 12.4. The van der Waals surface area contributed by atoms with Gasteiger partial charge in [-0.3, -0.25) is 0 Å². The molecule has 2 N–H and O–H groups in total. The number of guanidine groups is 1. The summed E-state index contributed by atoms with van der Waals surface area (Å²) in [7, 11) is 0. The molecule has 0 bridgehead atoms. The number of hydrogen-bond acceptors (Lipinski definition) is 2. The van der Waals surface area contributed by atoms with Crippen molar-refractivity contribution in [2.75, 3.05) is 26.3 Å². The van der Waals surface area contributed by atoms with Crippen molar-refractivity contribution < 1.29 is 4.74 Å². The molecule has 1 heterocycles. The number of nitrogens with two attached hydrogens (primary N) is 1. The van der Waals surface area contributed by atoms with E-state index in [2.05, 4.69) is 34.2 Å². The minimum absolute atomic E-state index is 0. The molecule has 0 amide bonds. The summed E-state index contributed by atoms with van der Waals surface area (Å²) < 4.78 is 5.31. The van der Waals surface area contributed by atoms with E-state index in [1.807, 2.05) is 6.07 Å². The molecule has 1 saturated carbocycles. The van der Waals surface area contributed by atoms with Gasteiger partial charge in [0, 0.05) is 19.0 Å². The number of nitrogens with zero attached hydrogens (tertiary/aromatic N) is 2. The fraction of sp³-hybridized carbons (Fsp3) is 0.500. The van der Waals surface area contributed by atoms with Gasteiger partial charge in [-0.1, -0.05) is 30.3 Å². The van der Waals surface area contributed by atoms with Crippen molar-refractivity contribution in [1.82, 2.24) is 4.90 Å². The fourth-order valence-electron chi connectivity index (χ4n) is 2.43. The molecule has 4 nitrogen and oxygen atoms in total. The predicted octanol–water partition coefficient (Wildman–Crippen LogP) is 1.81. The monoisotopic (exact) mass is 373 g/mol.